The van der Waals surface area contributed by atoms with Crippen LogP contribution in [0.25, 0.3) is 10.9 Å². The van der Waals surface area contributed by atoms with Gasteiger partial charge in [0, 0.05) is 18.1 Å². The molecular weight excluding hydrogens is 258 g/mol. The number of anilines is 1. The lowest BCUT2D eigenvalue weighted by Crippen LogP contribution is -2.01. The predicted octanol–water partition coefficient (Wildman–Crippen LogP) is 4.13. The Morgan fingerprint density at radius 3 is 2.65 bits per heavy atom. The van der Waals surface area contributed by atoms with Crippen LogP contribution in [0.3, 0.4) is 0 Å². The van der Waals surface area contributed by atoms with Gasteiger partial charge in [0.1, 0.15) is 0 Å². The van der Waals surface area contributed by atoms with E-state index in [1.807, 2.05) is 30.3 Å². The number of nitrogens with zero attached hydrogens (tertiary/aromatic N) is 1. The Bertz CT molecular complexity index is 751. The highest BCUT2D eigenvalue weighted by molar-refractivity contribution is 5.90. The van der Waals surface area contributed by atoms with Crippen LogP contribution >= 0.6 is 0 Å². The summed E-state index contributed by atoms with van der Waals surface area (Å²) in [6.07, 6.45) is 1.73. The summed E-state index contributed by atoms with van der Waals surface area (Å²) in [5, 5.41) is 4.23. The molecule has 1 aromatic heterocycles. The molecular formula is C16H12F2N2. The van der Waals surface area contributed by atoms with Gasteiger partial charge in [-0.05, 0) is 29.8 Å². The minimum Gasteiger partial charge on any atom is -0.379 e. The van der Waals surface area contributed by atoms with Gasteiger partial charge in [0.2, 0.25) is 0 Å². The van der Waals surface area contributed by atoms with E-state index in [2.05, 4.69) is 10.3 Å². The average molecular weight is 270 g/mol. The fourth-order valence-electron chi connectivity index (χ4n) is 2.09. The van der Waals surface area contributed by atoms with Crippen LogP contribution in [0.15, 0.2) is 54.7 Å². The van der Waals surface area contributed by atoms with E-state index in [0.29, 0.717) is 12.1 Å². The van der Waals surface area contributed by atoms with Crippen molar-refractivity contribution in [2.24, 2.45) is 0 Å². The molecule has 0 spiro atoms. The van der Waals surface area contributed by atoms with Crippen molar-refractivity contribution in [3.63, 3.8) is 0 Å². The Kier molecular flexibility index (Phi) is 3.29. The number of fused-ring (bicyclic) bond motifs is 1. The van der Waals surface area contributed by atoms with E-state index in [1.165, 1.54) is 6.07 Å². The van der Waals surface area contributed by atoms with Crippen molar-refractivity contribution >= 4 is 16.6 Å². The highest BCUT2D eigenvalue weighted by Gasteiger charge is 2.04. The zero-order valence-electron chi connectivity index (χ0n) is 10.6. The third-order valence-electron chi connectivity index (χ3n) is 3.10. The fraction of sp³-hybridized carbons (Fsp3) is 0.0625. The molecule has 0 saturated heterocycles. The fourth-order valence-corrected chi connectivity index (χ4v) is 2.09. The molecule has 1 heterocycles. The Hall–Kier alpha value is -2.49. The molecule has 0 atom stereocenters. The van der Waals surface area contributed by atoms with Crippen LogP contribution in [-0.2, 0) is 6.54 Å². The first kappa shape index (κ1) is 12.5. The number of halogens is 2. The van der Waals surface area contributed by atoms with Gasteiger partial charge in [0.05, 0.1) is 11.2 Å². The van der Waals surface area contributed by atoms with Gasteiger partial charge in [-0.25, -0.2) is 8.78 Å². The lowest BCUT2D eigenvalue weighted by atomic mass is 10.1. The Labute approximate surface area is 115 Å². The minimum absolute atomic E-state index is 0.410. The van der Waals surface area contributed by atoms with Crippen LogP contribution in [0.5, 0.6) is 0 Å². The van der Waals surface area contributed by atoms with Crippen molar-refractivity contribution in [2.75, 3.05) is 5.32 Å². The van der Waals surface area contributed by atoms with E-state index < -0.39 is 11.6 Å². The second-order valence-corrected chi connectivity index (χ2v) is 4.48. The number of hydrogen-bond acceptors (Lipinski definition) is 2. The number of nitrogens with one attached hydrogen (secondary N) is 1. The van der Waals surface area contributed by atoms with Gasteiger partial charge in [-0.15, -0.1) is 0 Å². The number of hydrogen-bond donors (Lipinski definition) is 1. The van der Waals surface area contributed by atoms with Gasteiger partial charge in [-0.1, -0.05) is 24.3 Å². The molecule has 20 heavy (non-hydrogen) atoms. The standard InChI is InChI=1S/C16H12F2N2/c17-13-7-6-11(9-14(13)18)10-20-15-5-1-3-12-4-2-8-19-16(12)15/h1-9,20H,10H2. The van der Waals surface area contributed by atoms with Crippen molar-refractivity contribution < 1.29 is 8.78 Å². The summed E-state index contributed by atoms with van der Waals surface area (Å²) in [6.45, 7) is 0.410. The molecule has 100 valence electrons. The maximum absolute atomic E-state index is 13.1. The highest BCUT2D eigenvalue weighted by Crippen LogP contribution is 2.21. The molecule has 0 saturated carbocycles. The summed E-state index contributed by atoms with van der Waals surface area (Å²) in [6, 6.07) is 13.6. The SMILES string of the molecule is Fc1ccc(CNc2cccc3cccnc23)cc1F. The van der Waals surface area contributed by atoms with E-state index in [1.54, 1.807) is 12.3 Å². The lowest BCUT2D eigenvalue weighted by molar-refractivity contribution is 0.507. The Morgan fingerprint density at radius 2 is 1.80 bits per heavy atom. The molecule has 0 bridgehead atoms. The van der Waals surface area contributed by atoms with Crippen molar-refractivity contribution in [1.29, 1.82) is 0 Å². The van der Waals surface area contributed by atoms with Crippen molar-refractivity contribution in [1.82, 2.24) is 4.98 Å². The molecule has 0 fully saturated rings. The molecule has 2 aromatic carbocycles. The Balaban J connectivity index is 1.85. The highest BCUT2D eigenvalue weighted by atomic mass is 19.2. The van der Waals surface area contributed by atoms with Crippen LogP contribution in [0.2, 0.25) is 0 Å². The monoisotopic (exact) mass is 270 g/mol. The maximum Gasteiger partial charge on any atom is 0.159 e. The molecule has 4 heteroatoms. The summed E-state index contributed by atoms with van der Waals surface area (Å²) >= 11 is 0. The summed E-state index contributed by atoms with van der Waals surface area (Å²) in [5.41, 5.74) is 2.40. The zero-order chi connectivity index (χ0) is 13.9. The number of pyridine rings is 1. The van der Waals surface area contributed by atoms with Crippen molar-refractivity contribution in [3.8, 4) is 0 Å². The molecule has 0 aliphatic heterocycles. The molecule has 0 unspecified atom stereocenters. The van der Waals surface area contributed by atoms with E-state index in [-0.39, 0.29) is 0 Å². The largest absolute Gasteiger partial charge is 0.379 e. The molecule has 0 radical (unpaired) electrons. The van der Waals surface area contributed by atoms with E-state index in [9.17, 15) is 8.78 Å². The average Bonchev–Trinajstić information content (AvgIpc) is 2.48. The number of benzene rings is 2. The summed E-state index contributed by atoms with van der Waals surface area (Å²) in [5.74, 6) is -1.67. The number of rotatable bonds is 3. The first-order valence-corrected chi connectivity index (χ1v) is 6.25. The quantitative estimate of drug-likeness (QED) is 0.774. The van der Waals surface area contributed by atoms with Crippen LogP contribution in [0, 0.1) is 11.6 Å². The first-order chi connectivity index (χ1) is 9.74. The zero-order valence-corrected chi connectivity index (χ0v) is 10.6. The minimum atomic E-state index is -0.833. The molecule has 0 aliphatic rings. The van der Waals surface area contributed by atoms with E-state index in [4.69, 9.17) is 0 Å². The normalized spacial score (nSPS) is 10.7. The van der Waals surface area contributed by atoms with E-state index in [0.717, 1.165) is 22.7 Å². The van der Waals surface area contributed by atoms with Crippen molar-refractivity contribution in [3.05, 3.63) is 71.9 Å². The van der Waals surface area contributed by atoms with Crippen LogP contribution < -0.4 is 5.32 Å². The smallest absolute Gasteiger partial charge is 0.159 e. The van der Waals surface area contributed by atoms with Gasteiger partial charge in [0.25, 0.3) is 0 Å². The third kappa shape index (κ3) is 2.45. The summed E-state index contributed by atoms with van der Waals surface area (Å²) < 4.78 is 26.0. The van der Waals surface area contributed by atoms with Crippen LogP contribution in [0.4, 0.5) is 14.5 Å². The topological polar surface area (TPSA) is 24.9 Å². The van der Waals surface area contributed by atoms with Crippen molar-refractivity contribution in [2.45, 2.75) is 6.54 Å². The molecule has 1 N–H and O–H groups in total. The third-order valence-corrected chi connectivity index (χ3v) is 3.10. The molecule has 3 rings (SSSR count). The second kappa shape index (κ2) is 5.25. The maximum atomic E-state index is 13.1. The summed E-state index contributed by atoms with van der Waals surface area (Å²) in [4.78, 5) is 4.33. The first-order valence-electron chi connectivity index (χ1n) is 6.25. The van der Waals surface area contributed by atoms with Gasteiger partial charge in [-0.3, -0.25) is 4.98 Å². The molecule has 0 aliphatic carbocycles. The summed E-state index contributed by atoms with van der Waals surface area (Å²) in [7, 11) is 0. The second-order valence-electron chi connectivity index (χ2n) is 4.48. The van der Waals surface area contributed by atoms with Gasteiger partial charge in [0.15, 0.2) is 11.6 Å². The van der Waals surface area contributed by atoms with Crippen LogP contribution in [-0.4, -0.2) is 4.98 Å². The van der Waals surface area contributed by atoms with Gasteiger partial charge >= 0.3 is 0 Å². The molecule has 2 nitrogen and oxygen atoms in total. The predicted molar refractivity (Wildman–Crippen MR) is 75.4 cm³/mol. The van der Waals surface area contributed by atoms with Gasteiger partial charge in [-0.2, -0.15) is 0 Å². The number of aromatic nitrogens is 1. The van der Waals surface area contributed by atoms with Crippen LogP contribution in [0.1, 0.15) is 5.56 Å². The number of para-hydroxylation sites is 1. The molecule has 0 amide bonds. The van der Waals surface area contributed by atoms with E-state index >= 15 is 0 Å². The lowest BCUT2D eigenvalue weighted by Gasteiger charge is -2.09. The van der Waals surface area contributed by atoms with Gasteiger partial charge < -0.3 is 5.32 Å². The molecule has 3 aromatic rings. The Morgan fingerprint density at radius 1 is 0.950 bits per heavy atom.